The molecule has 0 saturated carbocycles. The Morgan fingerprint density at radius 2 is 1.36 bits per heavy atom. The number of amides is 3. The second-order valence-corrected chi connectivity index (χ2v) is 13.6. The largest absolute Gasteiger partial charge is 0.443 e. The number of hydrogen-bond donors (Lipinski definition) is 1. The van der Waals surface area contributed by atoms with E-state index >= 15 is 4.39 Å². The molecular formula is C33H41F4N3O5. The highest BCUT2D eigenvalue weighted by Gasteiger charge is 2.38. The summed E-state index contributed by atoms with van der Waals surface area (Å²) in [5.74, 6) is 0.735. The zero-order valence-corrected chi connectivity index (χ0v) is 27.1. The topological polar surface area (TPSA) is 88.2 Å². The molecule has 0 unspecified atom stereocenters. The van der Waals surface area contributed by atoms with Gasteiger partial charge in [0.2, 0.25) is 5.91 Å². The van der Waals surface area contributed by atoms with Gasteiger partial charge in [0.1, 0.15) is 16.9 Å². The maximum Gasteiger partial charge on any atom is 0.424 e. The van der Waals surface area contributed by atoms with Gasteiger partial charge < -0.3 is 19.7 Å². The molecular weight excluding hydrogens is 594 g/mol. The zero-order chi connectivity index (χ0) is 34.5. The molecule has 0 heterocycles. The lowest BCUT2D eigenvalue weighted by atomic mass is 9.92. The fourth-order valence-corrected chi connectivity index (χ4v) is 4.02. The van der Waals surface area contributed by atoms with Crippen LogP contribution in [0.4, 0.5) is 44.2 Å². The molecule has 0 aliphatic rings. The fourth-order valence-electron chi connectivity index (χ4n) is 4.02. The van der Waals surface area contributed by atoms with Crippen LogP contribution in [0.25, 0.3) is 0 Å². The first-order valence-corrected chi connectivity index (χ1v) is 14.1. The molecule has 3 amide bonds. The summed E-state index contributed by atoms with van der Waals surface area (Å²) in [6.07, 6.45) is -1.51. The second kappa shape index (κ2) is 13.8. The number of anilines is 3. The molecule has 2 aromatic rings. The summed E-state index contributed by atoms with van der Waals surface area (Å²) < 4.78 is 67.0. The fraction of sp³-hybridized carbons (Fsp3) is 0.485. The van der Waals surface area contributed by atoms with Crippen molar-refractivity contribution < 1.29 is 41.4 Å². The number of ether oxygens (including phenoxy) is 2. The van der Waals surface area contributed by atoms with Crippen molar-refractivity contribution in [2.24, 2.45) is 5.41 Å². The lowest BCUT2D eigenvalue weighted by Gasteiger charge is -2.31. The summed E-state index contributed by atoms with van der Waals surface area (Å²) in [7, 11) is 0. The van der Waals surface area contributed by atoms with Crippen molar-refractivity contribution >= 4 is 35.2 Å². The molecule has 246 valence electrons. The highest BCUT2D eigenvalue weighted by atomic mass is 19.4. The molecule has 0 aliphatic carbocycles. The van der Waals surface area contributed by atoms with Gasteiger partial charge in [-0.3, -0.25) is 4.79 Å². The SMILES string of the molecule is C#CCN(Cc1ccc(C(F)(F)F)cc1)c1ccc(NC(=O)CC(C)(C)C)c(N(C(=O)OC(C)(C)C)C(=O)OC(C)(C)C)c1F. The van der Waals surface area contributed by atoms with Crippen LogP contribution in [0.2, 0.25) is 0 Å². The first kappa shape index (κ1) is 36.9. The van der Waals surface area contributed by atoms with Crippen LogP contribution in [0.15, 0.2) is 36.4 Å². The highest BCUT2D eigenvalue weighted by molar-refractivity contribution is 6.13. The summed E-state index contributed by atoms with van der Waals surface area (Å²) >= 11 is 0. The summed E-state index contributed by atoms with van der Waals surface area (Å²) in [5, 5.41) is 2.59. The number of benzene rings is 2. The number of rotatable bonds is 7. The van der Waals surface area contributed by atoms with E-state index in [2.05, 4.69) is 11.2 Å². The molecule has 0 aromatic heterocycles. The summed E-state index contributed by atoms with van der Waals surface area (Å²) in [4.78, 5) is 41.7. The maximum atomic E-state index is 16.8. The maximum absolute atomic E-state index is 16.8. The van der Waals surface area contributed by atoms with Gasteiger partial charge in [0.05, 0.1) is 23.5 Å². The molecule has 0 aliphatic heterocycles. The molecule has 0 atom stereocenters. The standard InChI is InChI=1S/C33H41F4N3O5/c1-11-18-39(20-21-12-14-22(15-13-21)33(35,36)37)24-17-16-23(38-25(41)19-30(2,3)4)27(26(24)34)40(28(42)44-31(5,6)7)29(43)45-32(8,9)10/h1,12-17H,18-20H2,2-10H3,(H,38,41). The third-order valence-corrected chi connectivity index (χ3v) is 5.71. The third-order valence-electron chi connectivity index (χ3n) is 5.71. The Kier molecular flexibility index (Phi) is 11.3. The third kappa shape index (κ3) is 11.3. The Labute approximate surface area is 262 Å². The highest BCUT2D eigenvalue weighted by Crippen LogP contribution is 2.39. The van der Waals surface area contributed by atoms with E-state index in [-0.39, 0.29) is 30.9 Å². The van der Waals surface area contributed by atoms with Crippen LogP contribution < -0.4 is 15.1 Å². The van der Waals surface area contributed by atoms with E-state index in [0.717, 1.165) is 12.1 Å². The molecule has 0 spiro atoms. The van der Waals surface area contributed by atoms with E-state index in [1.54, 1.807) is 41.5 Å². The lowest BCUT2D eigenvalue weighted by Crippen LogP contribution is -2.44. The van der Waals surface area contributed by atoms with Crippen molar-refractivity contribution in [2.75, 3.05) is 21.7 Å². The average Bonchev–Trinajstić information content (AvgIpc) is 2.82. The predicted molar refractivity (Wildman–Crippen MR) is 165 cm³/mol. The molecule has 2 rings (SSSR count). The number of alkyl halides is 3. The van der Waals surface area contributed by atoms with Crippen molar-refractivity contribution in [3.63, 3.8) is 0 Å². The Hall–Kier alpha value is -4.27. The monoisotopic (exact) mass is 635 g/mol. The number of carbonyl (C=O) groups excluding carboxylic acids is 3. The molecule has 12 heteroatoms. The molecule has 0 saturated heterocycles. The van der Waals surface area contributed by atoms with Crippen LogP contribution in [0, 0.1) is 23.6 Å². The minimum absolute atomic E-state index is 0.0197. The molecule has 1 N–H and O–H groups in total. The van der Waals surface area contributed by atoms with Gasteiger partial charge in [-0.2, -0.15) is 18.1 Å². The van der Waals surface area contributed by atoms with Crippen LogP contribution in [0.5, 0.6) is 0 Å². The van der Waals surface area contributed by atoms with E-state index in [1.165, 1.54) is 29.2 Å². The zero-order valence-electron chi connectivity index (χ0n) is 27.1. The Morgan fingerprint density at radius 1 is 0.844 bits per heavy atom. The van der Waals surface area contributed by atoms with Gasteiger partial charge in [-0.25, -0.2) is 14.0 Å². The molecule has 45 heavy (non-hydrogen) atoms. The average molecular weight is 636 g/mol. The lowest BCUT2D eigenvalue weighted by molar-refractivity contribution is -0.137. The van der Waals surface area contributed by atoms with E-state index in [0.29, 0.717) is 10.5 Å². The predicted octanol–water partition coefficient (Wildman–Crippen LogP) is 8.54. The van der Waals surface area contributed by atoms with E-state index in [4.69, 9.17) is 15.9 Å². The van der Waals surface area contributed by atoms with Gasteiger partial charge in [0, 0.05) is 13.0 Å². The quantitative estimate of drug-likeness (QED) is 0.242. The summed E-state index contributed by atoms with van der Waals surface area (Å²) in [6.45, 7) is 14.4. The number of carbonyl (C=O) groups is 3. The Balaban J connectivity index is 2.79. The summed E-state index contributed by atoms with van der Waals surface area (Å²) in [6, 6.07) is 6.85. The van der Waals surface area contributed by atoms with Crippen LogP contribution in [-0.4, -0.2) is 35.8 Å². The van der Waals surface area contributed by atoms with Crippen LogP contribution >= 0.6 is 0 Å². The minimum Gasteiger partial charge on any atom is -0.443 e. The number of hydrogen-bond acceptors (Lipinski definition) is 6. The van der Waals surface area contributed by atoms with E-state index in [1.807, 2.05) is 20.8 Å². The van der Waals surface area contributed by atoms with Crippen molar-refractivity contribution in [3.05, 3.63) is 53.3 Å². The van der Waals surface area contributed by atoms with Gasteiger partial charge in [-0.1, -0.05) is 38.8 Å². The number of terminal acetylenes is 1. The molecule has 8 nitrogen and oxygen atoms in total. The van der Waals surface area contributed by atoms with Gasteiger partial charge in [0.25, 0.3) is 0 Å². The van der Waals surface area contributed by atoms with Gasteiger partial charge in [-0.05, 0) is 76.8 Å². The van der Waals surface area contributed by atoms with Crippen LogP contribution in [0.3, 0.4) is 0 Å². The normalized spacial score (nSPS) is 12.2. The molecule has 0 fully saturated rings. The van der Waals surface area contributed by atoms with Crippen LogP contribution in [0.1, 0.15) is 79.9 Å². The number of imide groups is 1. The van der Waals surface area contributed by atoms with Gasteiger partial charge in [-0.15, -0.1) is 6.42 Å². The second-order valence-electron chi connectivity index (χ2n) is 13.6. The molecule has 0 bridgehead atoms. The van der Waals surface area contributed by atoms with Gasteiger partial charge in [0.15, 0.2) is 5.82 Å². The van der Waals surface area contributed by atoms with Crippen molar-refractivity contribution in [3.8, 4) is 12.3 Å². The first-order chi connectivity index (χ1) is 20.4. The van der Waals surface area contributed by atoms with E-state index < -0.39 is 58.0 Å². The van der Waals surface area contributed by atoms with Crippen LogP contribution in [-0.2, 0) is 27.0 Å². The number of nitrogens with zero attached hydrogens (tertiary/aromatic N) is 2. The number of halogens is 4. The Bertz CT molecular complexity index is 1400. The molecule has 2 aromatic carbocycles. The molecule has 0 radical (unpaired) electrons. The van der Waals surface area contributed by atoms with Crippen molar-refractivity contribution in [2.45, 2.75) is 92.7 Å². The minimum atomic E-state index is -4.54. The van der Waals surface area contributed by atoms with E-state index in [9.17, 15) is 27.6 Å². The van der Waals surface area contributed by atoms with Gasteiger partial charge >= 0.3 is 18.4 Å². The smallest absolute Gasteiger partial charge is 0.424 e. The van der Waals surface area contributed by atoms with Crippen molar-refractivity contribution in [1.29, 1.82) is 0 Å². The number of nitrogens with one attached hydrogen (secondary N) is 1. The Morgan fingerprint density at radius 3 is 1.78 bits per heavy atom. The van der Waals surface area contributed by atoms with Crippen molar-refractivity contribution in [1.82, 2.24) is 0 Å². The first-order valence-electron chi connectivity index (χ1n) is 14.1. The summed E-state index contributed by atoms with van der Waals surface area (Å²) in [5.41, 5.74) is -4.25.